The van der Waals surface area contributed by atoms with Gasteiger partial charge in [-0.2, -0.15) is 0 Å². The van der Waals surface area contributed by atoms with E-state index in [9.17, 15) is 0 Å². The molecular formula is C14H14Cs. The second kappa shape index (κ2) is 6.94. The predicted octanol–water partition coefficient (Wildman–Crippen LogP) is 3.46. The van der Waals surface area contributed by atoms with E-state index in [0.717, 1.165) is 0 Å². The minimum Gasteiger partial charge on any atom is -0.0622 e. The minimum absolute atomic E-state index is 0. The van der Waals surface area contributed by atoms with Gasteiger partial charge in [0.15, 0.2) is 0 Å². The second-order valence-corrected chi connectivity index (χ2v) is 3.54. The van der Waals surface area contributed by atoms with Crippen LogP contribution in [0.15, 0.2) is 60.7 Å². The third-order valence-corrected chi connectivity index (χ3v) is 2.60. The van der Waals surface area contributed by atoms with Crippen LogP contribution >= 0.6 is 0 Å². The molecule has 2 aromatic rings. The van der Waals surface area contributed by atoms with Crippen LogP contribution in [-0.4, -0.2) is 68.9 Å². The number of benzene rings is 2. The molecule has 0 nitrogen and oxygen atoms in total. The van der Waals surface area contributed by atoms with Crippen LogP contribution in [-0.2, 0) is 0 Å². The van der Waals surface area contributed by atoms with E-state index in [4.69, 9.17) is 0 Å². The summed E-state index contributed by atoms with van der Waals surface area (Å²) in [6, 6.07) is 21.2. The summed E-state index contributed by atoms with van der Waals surface area (Å²) in [5, 5.41) is 0. The first-order valence-corrected chi connectivity index (χ1v) is 4.98. The van der Waals surface area contributed by atoms with Gasteiger partial charge in [-0.15, -0.1) is 0 Å². The number of rotatable bonds is 2. The molecule has 2 aromatic carbocycles. The van der Waals surface area contributed by atoms with E-state index in [1.807, 2.05) is 0 Å². The Balaban J connectivity index is 0.00000112. The molecule has 0 amide bonds. The topological polar surface area (TPSA) is 0 Å². The first-order chi connectivity index (χ1) is 6.88. The summed E-state index contributed by atoms with van der Waals surface area (Å²) in [5.41, 5.74) is 2.75. The zero-order valence-electron chi connectivity index (χ0n) is 9.35. The Hall–Kier alpha value is 0.492. The van der Waals surface area contributed by atoms with Gasteiger partial charge in [-0.3, -0.25) is 0 Å². The van der Waals surface area contributed by atoms with Crippen molar-refractivity contribution >= 4 is 68.9 Å². The molecule has 0 fully saturated rings. The number of hydrogen-bond donors (Lipinski definition) is 0. The molecule has 0 N–H and O–H groups in total. The molecule has 0 unspecified atom stereocenters. The molecule has 0 atom stereocenters. The van der Waals surface area contributed by atoms with E-state index < -0.39 is 0 Å². The third kappa shape index (κ3) is 3.77. The molecule has 2 rings (SSSR count). The van der Waals surface area contributed by atoms with Crippen molar-refractivity contribution in [1.82, 2.24) is 0 Å². The summed E-state index contributed by atoms with van der Waals surface area (Å²) in [4.78, 5) is 0. The maximum atomic E-state index is 2.24. The Morgan fingerprint density at radius 2 is 1.00 bits per heavy atom. The minimum atomic E-state index is 0. The maximum absolute atomic E-state index is 2.24. The van der Waals surface area contributed by atoms with Gasteiger partial charge in [0.1, 0.15) is 0 Å². The van der Waals surface area contributed by atoms with Gasteiger partial charge in [0.25, 0.3) is 0 Å². The summed E-state index contributed by atoms with van der Waals surface area (Å²) in [7, 11) is 0. The van der Waals surface area contributed by atoms with Crippen LogP contribution in [0.1, 0.15) is 24.0 Å². The molecule has 0 bridgehead atoms. The van der Waals surface area contributed by atoms with Crippen molar-refractivity contribution in [3.63, 3.8) is 0 Å². The smallest absolute Gasteiger partial charge is 0.00610 e. The van der Waals surface area contributed by atoms with Gasteiger partial charge < -0.3 is 0 Å². The van der Waals surface area contributed by atoms with E-state index in [-0.39, 0.29) is 68.9 Å². The zero-order chi connectivity index (χ0) is 9.80. The van der Waals surface area contributed by atoms with E-state index in [0.29, 0.717) is 5.92 Å². The quantitative estimate of drug-likeness (QED) is 0.796. The van der Waals surface area contributed by atoms with Crippen molar-refractivity contribution in [2.75, 3.05) is 0 Å². The van der Waals surface area contributed by atoms with Crippen molar-refractivity contribution < 1.29 is 0 Å². The molecule has 0 aliphatic carbocycles. The maximum Gasteiger partial charge on any atom is 0.00610 e. The van der Waals surface area contributed by atoms with Crippen molar-refractivity contribution in [3.8, 4) is 0 Å². The van der Waals surface area contributed by atoms with Crippen LogP contribution in [0.5, 0.6) is 0 Å². The van der Waals surface area contributed by atoms with Crippen LogP contribution in [0.3, 0.4) is 0 Å². The Morgan fingerprint density at radius 1 is 0.667 bits per heavy atom. The molecule has 1 radical (unpaired) electrons. The SMILES string of the molecule is CC(c1ccccc1)c1ccccc1.[Cs]. The molecule has 1 heteroatoms. The van der Waals surface area contributed by atoms with Crippen LogP contribution in [0, 0.1) is 0 Å². The van der Waals surface area contributed by atoms with E-state index >= 15 is 0 Å². The van der Waals surface area contributed by atoms with Crippen molar-refractivity contribution in [3.05, 3.63) is 71.8 Å². The summed E-state index contributed by atoms with van der Waals surface area (Å²) in [6.07, 6.45) is 0. The van der Waals surface area contributed by atoms with Crippen LogP contribution in [0.4, 0.5) is 0 Å². The molecule has 0 heterocycles. The van der Waals surface area contributed by atoms with Gasteiger partial charge in [0.2, 0.25) is 0 Å². The summed E-state index contributed by atoms with van der Waals surface area (Å²) >= 11 is 0. The first kappa shape index (κ1) is 13.6. The molecule has 0 aliphatic rings. The molecule has 0 saturated heterocycles. The summed E-state index contributed by atoms with van der Waals surface area (Å²) in [5.74, 6) is 0.484. The molecule has 15 heavy (non-hydrogen) atoms. The third-order valence-electron chi connectivity index (χ3n) is 2.60. The standard InChI is InChI=1S/C14H14.Cs/c1-12(13-8-4-2-5-9-13)14-10-6-3-7-11-14;/h2-12H,1H3;. The Kier molecular flexibility index (Phi) is 6.28. The first-order valence-electron chi connectivity index (χ1n) is 4.98. The zero-order valence-corrected chi connectivity index (χ0v) is 15.6. The molecular weight excluding hydrogens is 301 g/mol. The Labute approximate surface area is 151 Å². The summed E-state index contributed by atoms with van der Waals surface area (Å²) < 4.78 is 0. The van der Waals surface area contributed by atoms with E-state index in [2.05, 4.69) is 67.6 Å². The van der Waals surface area contributed by atoms with Gasteiger partial charge in [0.05, 0.1) is 0 Å². The molecule has 71 valence electrons. The fourth-order valence-corrected chi connectivity index (χ4v) is 1.68. The van der Waals surface area contributed by atoms with Crippen LogP contribution in [0.2, 0.25) is 0 Å². The normalized spacial score (nSPS) is 9.73. The fourth-order valence-electron chi connectivity index (χ4n) is 1.68. The average molecular weight is 315 g/mol. The van der Waals surface area contributed by atoms with Gasteiger partial charge in [0, 0.05) is 74.8 Å². The van der Waals surface area contributed by atoms with Gasteiger partial charge in [-0.1, -0.05) is 67.6 Å². The molecule has 0 saturated carbocycles. The average Bonchev–Trinajstić information content (AvgIpc) is 2.30. The summed E-state index contributed by atoms with van der Waals surface area (Å²) in [6.45, 7) is 2.24. The second-order valence-electron chi connectivity index (χ2n) is 3.54. The van der Waals surface area contributed by atoms with E-state index in [1.165, 1.54) is 11.1 Å². The molecule has 0 aliphatic heterocycles. The molecule has 0 spiro atoms. The molecule has 0 aromatic heterocycles. The largest absolute Gasteiger partial charge is 0.0622 e. The van der Waals surface area contributed by atoms with Crippen LogP contribution in [0.25, 0.3) is 0 Å². The monoisotopic (exact) mass is 315 g/mol. The van der Waals surface area contributed by atoms with Crippen molar-refractivity contribution in [1.29, 1.82) is 0 Å². The Bertz CT molecular complexity index is 341. The van der Waals surface area contributed by atoms with Gasteiger partial charge in [-0.05, 0) is 11.1 Å². The number of hydrogen-bond acceptors (Lipinski definition) is 0. The van der Waals surface area contributed by atoms with Crippen LogP contribution < -0.4 is 0 Å². The van der Waals surface area contributed by atoms with Gasteiger partial charge >= 0.3 is 0 Å². The van der Waals surface area contributed by atoms with Crippen molar-refractivity contribution in [2.45, 2.75) is 12.8 Å². The van der Waals surface area contributed by atoms with Gasteiger partial charge in [-0.25, -0.2) is 0 Å². The predicted molar refractivity (Wildman–Crippen MR) is 66.2 cm³/mol. The fraction of sp³-hybridized carbons (Fsp3) is 0.143. The van der Waals surface area contributed by atoms with Crippen molar-refractivity contribution in [2.24, 2.45) is 0 Å². The Morgan fingerprint density at radius 3 is 1.33 bits per heavy atom. The van der Waals surface area contributed by atoms with E-state index in [1.54, 1.807) is 0 Å².